The maximum atomic E-state index is 11.6. The third-order valence-electron chi connectivity index (χ3n) is 7.74. The minimum atomic E-state index is -0.354. The zero-order valence-electron chi connectivity index (χ0n) is 25.3. The first-order chi connectivity index (χ1) is 22.7. The molecule has 0 radical (unpaired) electrons. The lowest BCUT2D eigenvalue weighted by atomic mass is 10.0. The number of hydrogen-bond acceptors (Lipinski definition) is 4. The van der Waals surface area contributed by atoms with Gasteiger partial charge in [0.1, 0.15) is 11.6 Å². The Morgan fingerprint density at radius 2 is 1.02 bits per heavy atom. The summed E-state index contributed by atoms with van der Waals surface area (Å²) >= 11 is 0. The lowest BCUT2D eigenvalue weighted by molar-refractivity contribution is -0.131. The van der Waals surface area contributed by atoms with Crippen molar-refractivity contribution in [2.75, 3.05) is 4.90 Å². The number of carbonyl (C=O) groups excluding carboxylic acids is 1. The van der Waals surface area contributed by atoms with Crippen LogP contribution in [0.5, 0.6) is 5.75 Å². The quantitative estimate of drug-likeness (QED) is 0.129. The van der Waals surface area contributed by atoms with E-state index >= 15 is 0 Å². The molecule has 1 aromatic heterocycles. The molecule has 7 aromatic rings. The predicted octanol–water partition coefficient (Wildman–Crippen LogP) is 10.3. The first-order valence-corrected chi connectivity index (χ1v) is 15.2. The van der Waals surface area contributed by atoms with Crippen LogP contribution in [-0.2, 0) is 4.79 Å². The van der Waals surface area contributed by atoms with Crippen LogP contribution in [0.25, 0.3) is 39.6 Å². The third-order valence-corrected chi connectivity index (χ3v) is 7.74. The van der Waals surface area contributed by atoms with Crippen LogP contribution in [0.2, 0.25) is 0 Å². The normalized spacial score (nSPS) is 10.8. The molecule has 0 spiro atoms. The molecule has 0 N–H and O–H groups in total. The van der Waals surface area contributed by atoms with Crippen molar-refractivity contribution < 1.29 is 9.53 Å². The van der Waals surface area contributed by atoms with E-state index in [2.05, 4.69) is 107 Å². The van der Waals surface area contributed by atoms with Crippen LogP contribution in [-0.4, -0.2) is 15.5 Å². The summed E-state index contributed by atoms with van der Waals surface area (Å²) in [7, 11) is 0. The van der Waals surface area contributed by atoms with Gasteiger partial charge in [-0.05, 0) is 72.8 Å². The third kappa shape index (κ3) is 5.82. The Hall–Kier alpha value is -6.20. The summed E-state index contributed by atoms with van der Waals surface area (Å²) in [6.07, 6.45) is 0. The molecule has 0 amide bonds. The van der Waals surface area contributed by atoms with Crippen LogP contribution < -0.4 is 9.64 Å². The molecule has 1 heterocycles. The summed E-state index contributed by atoms with van der Waals surface area (Å²) in [6.45, 7) is 1.40. The van der Waals surface area contributed by atoms with Crippen molar-refractivity contribution in [2.45, 2.75) is 6.92 Å². The molecule has 0 aliphatic heterocycles. The average Bonchev–Trinajstić information content (AvgIpc) is 3.51. The van der Waals surface area contributed by atoms with Gasteiger partial charge in [0, 0.05) is 46.4 Å². The van der Waals surface area contributed by atoms with E-state index in [-0.39, 0.29) is 5.97 Å². The van der Waals surface area contributed by atoms with E-state index in [0.717, 1.165) is 56.7 Å². The number of anilines is 3. The summed E-state index contributed by atoms with van der Waals surface area (Å²) in [6, 6.07) is 57.4. The number of benzene rings is 6. The topological polar surface area (TPSA) is 47.4 Å². The Bertz CT molecular complexity index is 2020. The molecular weight excluding hydrogens is 566 g/mol. The second kappa shape index (κ2) is 12.8. The smallest absolute Gasteiger partial charge is 0.308 e. The van der Waals surface area contributed by atoms with Crippen molar-refractivity contribution in [3.63, 3.8) is 0 Å². The Morgan fingerprint density at radius 3 is 1.54 bits per heavy atom. The molecule has 0 unspecified atom stereocenters. The first-order valence-electron chi connectivity index (χ1n) is 15.2. The van der Waals surface area contributed by atoms with E-state index in [9.17, 15) is 4.79 Å². The van der Waals surface area contributed by atoms with Gasteiger partial charge in [-0.25, -0.2) is 4.98 Å². The standard InChI is InChI=1S/C41H31N3O2/c1-30(45)46-38-28-26-37(27-29-38)44-40(32-16-8-3-9-17-32)39(31-14-6-2-7-15-31)42-41(44)33-22-24-36(25-23-33)43(34-18-10-4-11-19-34)35-20-12-5-13-21-35/h2-29H,1H3. The zero-order chi connectivity index (χ0) is 31.3. The minimum Gasteiger partial charge on any atom is -0.427 e. The summed E-state index contributed by atoms with van der Waals surface area (Å²) in [5, 5.41) is 0. The van der Waals surface area contributed by atoms with Crippen LogP contribution in [0, 0.1) is 0 Å². The van der Waals surface area contributed by atoms with Crippen LogP contribution in [0.3, 0.4) is 0 Å². The highest BCUT2D eigenvalue weighted by atomic mass is 16.5. The maximum absolute atomic E-state index is 11.6. The van der Waals surface area contributed by atoms with Gasteiger partial charge in [0.15, 0.2) is 0 Å². The van der Waals surface area contributed by atoms with Gasteiger partial charge < -0.3 is 9.64 Å². The van der Waals surface area contributed by atoms with Crippen molar-refractivity contribution in [2.24, 2.45) is 0 Å². The van der Waals surface area contributed by atoms with Gasteiger partial charge in [-0.1, -0.05) is 97.1 Å². The molecule has 5 heteroatoms. The predicted molar refractivity (Wildman–Crippen MR) is 186 cm³/mol. The van der Waals surface area contributed by atoms with Gasteiger partial charge in [0.05, 0.1) is 11.4 Å². The molecule has 5 nitrogen and oxygen atoms in total. The van der Waals surface area contributed by atoms with Crippen molar-refractivity contribution in [3.05, 3.63) is 170 Å². The summed E-state index contributed by atoms with van der Waals surface area (Å²) in [4.78, 5) is 19.2. The number of esters is 1. The van der Waals surface area contributed by atoms with Crippen LogP contribution in [0.15, 0.2) is 170 Å². The number of para-hydroxylation sites is 2. The van der Waals surface area contributed by atoms with E-state index in [0.29, 0.717) is 5.75 Å². The molecule has 0 saturated heterocycles. The van der Waals surface area contributed by atoms with Crippen molar-refractivity contribution in [3.8, 4) is 45.3 Å². The van der Waals surface area contributed by atoms with Gasteiger partial charge in [-0.15, -0.1) is 0 Å². The van der Waals surface area contributed by atoms with Crippen LogP contribution in [0.1, 0.15) is 6.92 Å². The Labute approximate surface area is 268 Å². The summed E-state index contributed by atoms with van der Waals surface area (Å²) in [5.74, 6) is 0.941. The largest absolute Gasteiger partial charge is 0.427 e. The molecule has 7 rings (SSSR count). The fraction of sp³-hybridized carbons (Fsp3) is 0.0244. The SMILES string of the molecule is CC(=O)Oc1ccc(-n2c(-c3ccc(N(c4ccccc4)c4ccccc4)cc3)nc(-c3ccccc3)c2-c2ccccc2)cc1. The highest BCUT2D eigenvalue weighted by molar-refractivity contribution is 5.85. The monoisotopic (exact) mass is 597 g/mol. The zero-order valence-corrected chi connectivity index (χ0v) is 25.3. The van der Waals surface area contributed by atoms with E-state index in [1.54, 1.807) is 0 Å². The lowest BCUT2D eigenvalue weighted by Crippen LogP contribution is -2.09. The molecule has 0 aliphatic carbocycles. The van der Waals surface area contributed by atoms with Gasteiger partial charge in [0.2, 0.25) is 0 Å². The van der Waals surface area contributed by atoms with E-state index < -0.39 is 0 Å². The van der Waals surface area contributed by atoms with Gasteiger partial charge in [-0.3, -0.25) is 9.36 Å². The van der Waals surface area contributed by atoms with Crippen molar-refractivity contribution in [1.29, 1.82) is 0 Å². The van der Waals surface area contributed by atoms with Crippen LogP contribution in [0.4, 0.5) is 17.1 Å². The first kappa shape index (κ1) is 28.6. The fourth-order valence-electron chi connectivity index (χ4n) is 5.71. The fourth-order valence-corrected chi connectivity index (χ4v) is 5.71. The Morgan fingerprint density at radius 1 is 0.543 bits per heavy atom. The van der Waals surface area contributed by atoms with Gasteiger partial charge in [-0.2, -0.15) is 0 Å². The Kier molecular flexibility index (Phi) is 7.95. The number of nitrogens with zero attached hydrogens (tertiary/aromatic N) is 3. The molecule has 0 atom stereocenters. The number of carbonyl (C=O) groups is 1. The molecular formula is C41H31N3O2. The minimum absolute atomic E-state index is 0.354. The second-order valence-corrected chi connectivity index (χ2v) is 10.8. The van der Waals surface area contributed by atoms with Gasteiger partial charge in [0.25, 0.3) is 0 Å². The number of aromatic nitrogens is 2. The average molecular weight is 598 g/mol. The molecule has 46 heavy (non-hydrogen) atoms. The summed E-state index contributed by atoms with van der Waals surface area (Å²) in [5.41, 5.74) is 8.98. The second-order valence-electron chi connectivity index (χ2n) is 10.8. The number of hydrogen-bond donors (Lipinski definition) is 0. The maximum Gasteiger partial charge on any atom is 0.308 e. The molecule has 6 aromatic carbocycles. The lowest BCUT2D eigenvalue weighted by Gasteiger charge is -2.25. The van der Waals surface area contributed by atoms with E-state index in [1.165, 1.54) is 6.92 Å². The molecule has 0 aliphatic rings. The number of ether oxygens (including phenoxy) is 1. The Balaban J connectivity index is 1.41. The highest BCUT2D eigenvalue weighted by Crippen LogP contribution is 2.40. The van der Waals surface area contributed by atoms with E-state index in [1.807, 2.05) is 72.8 Å². The van der Waals surface area contributed by atoms with Crippen molar-refractivity contribution >= 4 is 23.0 Å². The summed E-state index contributed by atoms with van der Waals surface area (Å²) < 4.78 is 7.54. The molecule has 0 saturated carbocycles. The van der Waals surface area contributed by atoms with Crippen LogP contribution >= 0.6 is 0 Å². The number of rotatable bonds is 8. The number of imidazole rings is 1. The van der Waals surface area contributed by atoms with E-state index in [4.69, 9.17) is 9.72 Å². The molecule has 222 valence electrons. The molecule has 0 bridgehead atoms. The van der Waals surface area contributed by atoms with Crippen molar-refractivity contribution in [1.82, 2.24) is 9.55 Å². The highest BCUT2D eigenvalue weighted by Gasteiger charge is 2.23. The van der Waals surface area contributed by atoms with Gasteiger partial charge >= 0.3 is 5.97 Å². The molecule has 0 fully saturated rings.